The van der Waals surface area contributed by atoms with Crippen molar-refractivity contribution in [2.45, 2.75) is 39.7 Å². The largest absolute Gasteiger partial charge is 0.370 e. The fourth-order valence-corrected chi connectivity index (χ4v) is 2.64. The highest BCUT2D eigenvalue weighted by Gasteiger charge is 2.17. The molecule has 0 spiro atoms. The standard InChI is InChI=1S/C15H25N3/c1-3-8-16-15-14(7-4-9-17-15)12-18-10-5-6-13(2)11-18/h4,7,9,13H,3,5-6,8,10-12H2,1-2H3,(H,16,17). The molecule has 0 bridgehead atoms. The normalized spacial score (nSPS) is 20.9. The third-order valence-corrected chi connectivity index (χ3v) is 3.57. The van der Waals surface area contributed by atoms with Crippen molar-refractivity contribution in [1.29, 1.82) is 0 Å². The Balaban J connectivity index is 1.99. The zero-order valence-electron chi connectivity index (χ0n) is 11.7. The molecule has 2 rings (SSSR count). The number of pyridine rings is 1. The lowest BCUT2D eigenvalue weighted by atomic mass is 10.00. The van der Waals surface area contributed by atoms with E-state index in [9.17, 15) is 0 Å². The molecule has 3 nitrogen and oxygen atoms in total. The molecule has 0 aromatic carbocycles. The minimum Gasteiger partial charge on any atom is -0.370 e. The van der Waals surface area contributed by atoms with E-state index in [2.05, 4.69) is 35.1 Å². The van der Waals surface area contributed by atoms with E-state index < -0.39 is 0 Å². The summed E-state index contributed by atoms with van der Waals surface area (Å²) in [6.07, 6.45) is 5.72. The topological polar surface area (TPSA) is 28.2 Å². The van der Waals surface area contributed by atoms with E-state index in [0.717, 1.165) is 31.2 Å². The van der Waals surface area contributed by atoms with Crippen LogP contribution in [0.25, 0.3) is 0 Å². The van der Waals surface area contributed by atoms with Gasteiger partial charge < -0.3 is 5.32 Å². The van der Waals surface area contributed by atoms with Crippen LogP contribution in [-0.4, -0.2) is 29.5 Å². The van der Waals surface area contributed by atoms with E-state index in [4.69, 9.17) is 0 Å². The Morgan fingerprint density at radius 2 is 2.39 bits per heavy atom. The number of anilines is 1. The second kappa shape index (κ2) is 6.74. The summed E-state index contributed by atoms with van der Waals surface area (Å²) in [6.45, 7) is 9.02. The van der Waals surface area contributed by atoms with Gasteiger partial charge in [0.2, 0.25) is 0 Å². The maximum atomic E-state index is 4.46. The van der Waals surface area contributed by atoms with Crippen molar-refractivity contribution >= 4 is 5.82 Å². The number of nitrogens with zero attached hydrogens (tertiary/aromatic N) is 2. The number of piperidine rings is 1. The Kier molecular flexibility index (Phi) is 5.00. The Hall–Kier alpha value is -1.09. The SMILES string of the molecule is CCCNc1ncccc1CN1CCCC(C)C1. The summed E-state index contributed by atoms with van der Waals surface area (Å²) < 4.78 is 0. The zero-order valence-corrected chi connectivity index (χ0v) is 11.7. The Morgan fingerprint density at radius 3 is 3.17 bits per heavy atom. The van der Waals surface area contributed by atoms with Gasteiger partial charge in [0.1, 0.15) is 5.82 Å². The van der Waals surface area contributed by atoms with Gasteiger partial charge in [0, 0.05) is 31.4 Å². The van der Waals surface area contributed by atoms with Gasteiger partial charge in [0.05, 0.1) is 0 Å². The highest BCUT2D eigenvalue weighted by atomic mass is 15.1. The van der Waals surface area contributed by atoms with Gasteiger partial charge in [0.15, 0.2) is 0 Å². The maximum Gasteiger partial charge on any atom is 0.130 e. The second-order valence-corrected chi connectivity index (χ2v) is 5.42. The lowest BCUT2D eigenvalue weighted by molar-refractivity contribution is 0.177. The van der Waals surface area contributed by atoms with E-state index in [0.29, 0.717) is 0 Å². The summed E-state index contributed by atoms with van der Waals surface area (Å²) in [7, 11) is 0. The summed E-state index contributed by atoms with van der Waals surface area (Å²) in [5.74, 6) is 1.90. The zero-order chi connectivity index (χ0) is 12.8. The van der Waals surface area contributed by atoms with E-state index in [1.807, 2.05) is 12.3 Å². The first-order valence-electron chi connectivity index (χ1n) is 7.19. The van der Waals surface area contributed by atoms with Gasteiger partial charge in [-0.05, 0) is 37.8 Å². The van der Waals surface area contributed by atoms with Gasteiger partial charge in [-0.25, -0.2) is 4.98 Å². The van der Waals surface area contributed by atoms with Crippen LogP contribution in [0.1, 0.15) is 38.7 Å². The number of aromatic nitrogens is 1. The number of nitrogens with one attached hydrogen (secondary N) is 1. The number of hydrogen-bond acceptors (Lipinski definition) is 3. The van der Waals surface area contributed by atoms with Gasteiger partial charge >= 0.3 is 0 Å². The smallest absolute Gasteiger partial charge is 0.130 e. The van der Waals surface area contributed by atoms with Crippen LogP contribution >= 0.6 is 0 Å². The molecule has 1 aliphatic heterocycles. The summed E-state index contributed by atoms with van der Waals surface area (Å²) in [4.78, 5) is 7.02. The Morgan fingerprint density at radius 1 is 1.50 bits per heavy atom. The summed E-state index contributed by atoms with van der Waals surface area (Å²) in [6, 6.07) is 4.24. The van der Waals surface area contributed by atoms with Crippen LogP contribution in [0.5, 0.6) is 0 Å². The molecule has 0 aliphatic carbocycles. The molecule has 1 aromatic rings. The van der Waals surface area contributed by atoms with Crippen LogP contribution in [-0.2, 0) is 6.54 Å². The van der Waals surface area contributed by atoms with Crippen LogP contribution in [0, 0.1) is 5.92 Å². The molecule has 100 valence electrons. The predicted octanol–water partition coefficient (Wildman–Crippen LogP) is 3.14. The van der Waals surface area contributed by atoms with Crippen molar-refractivity contribution in [3.05, 3.63) is 23.9 Å². The van der Waals surface area contributed by atoms with Gasteiger partial charge in [-0.3, -0.25) is 4.90 Å². The molecule has 1 aliphatic rings. The van der Waals surface area contributed by atoms with E-state index >= 15 is 0 Å². The number of hydrogen-bond donors (Lipinski definition) is 1. The molecule has 0 radical (unpaired) electrons. The van der Waals surface area contributed by atoms with Crippen LogP contribution in [0.3, 0.4) is 0 Å². The molecule has 18 heavy (non-hydrogen) atoms. The van der Waals surface area contributed by atoms with E-state index in [-0.39, 0.29) is 0 Å². The molecule has 1 N–H and O–H groups in total. The Bertz CT molecular complexity index is 365. The number of rotatable bonds is 5. The summed E-state index contributed by atoms with van der Waals surface area (Å²) >= 11 is 0. The monoisotopic (exact) mass is 247 g/mol. The number of likely N-dealkylation sites (tertiary alicyclic amines) is 1. The minimum atomic E-state index is 0.836. The lowest BCUT2D eigenvalue weighted by Gasteiger charge is -2.31. The van der Waals surface area contributed by atoms with Crippen LogP contribution in [0.15, 0.2) is 18.3 Å². The van der Waals surface area contributed by atoms with Gasteiger partial charge in [-0.2, -0.15) is 0 Å². The van der Waals surface area contributed by atoms with Crippen molar-refractivity contribution in [1.82, 2.24) is 9.88 Å². The molecule has 1 atom stereocenters. The van der Waals surface area contributed by atoms with Crippen molar-refractivity contribution < 1.29 is 0 Å². The van der Waals surface area contributed by atoms with Crippen molar-refractivity contribution in [3.8, 4) is 0 Å². The second-order valence-electron chi connectivity index (χ2n) is 5.42. The third kappa shape index (κ3) is 3.70. The van der Waals surface area contributed by atoms with E-state index in [1.54, 1.807) is 0 Å². The average molecular weight is 247 g/mol. The first kappa shape index (κ1) is 13.3. The van der Waals surface area contributed by atoms with Crippen LogP contribution in [0.4, 0.5) is 5.82 Å². The maximum absolute atomic E-state index is 4.46. The molecule has 1 unspecified atom stereocenters. The van der Waals surface area contributed by atoms with Crippen molar-refractivity contribution in [2.75, 3.05) is 25.0 Å². The van der Waals surface area contributed by atoms with Crippen LogP contribution < -0.4 is 5.32 Å². The minimum absolute atomic E-state index is 0.836. The van der Waals surface area contributed by atoms with Gasteiger partial charge in [-0.1, -0.05) is 19.9 Å². The highest BCUT2D eigenvalue weighted by molar-refractivity contribution is 5.43. The molecule has 3 heteroatoms. The molecular weight excluding hydrogens is 222 g/mol. The Labute approximate surface area is 111 Å². The molecule has 0 saturated carbocycles. The van der Waals surface area contributed by atoms with E-state index in [1.165, 1.54) is 31.5 Å². The highest BCUT2D eigenvalue weighted by Crippen LogP contribution is 2.20. The quantitative estimate of drug-likeness (QED) is 0.866. The summed E-state index contributed by atoms with van der Waals surface area (Å²) in [5, 5.41) is 3.43. The molecule has 0 amide bonds. The molecule has 1 saturated heterocycles. The summed E-state index contributed by atoms with van der Waals surface area (Å²) in [5.41, 5.74) is 1.33. The average Bonchev–Trinajstić information content (AvgIpc) is 2.38. The predicted molar refractivity (Wildman–Crippen MR) is 76.7 cm³/mol. The van der Waals surface area contributed by atoms with Crippen molar-refractivity contribution in [3.63, 3.8) is 0 Å². The fraction of sp³-hybridized carbons (Fsp3) is 0.667. The van der Waals surface area contributed by atoms with Gasteiger partial charge in [-0.15, -0.1) is 0 Å². The van der Waals surface area contributed by atoms with Crippen LogP contribution in [0.2, 0.25) is 0 Å². The lowest BCUT2D eigenvalue weighted by Crippen LogP contribution is -2.34. The fourth-order valence-electron chi connectivity index (χ4n) is 2.64. The molecule has 1 fully saturated rings. The molecule has 2 heterocycles. The molecule has 1 aromatic heterocycles. The van der Waals surface area contributed by atoms with Gasteiger partial charge in [0.25, 0.3) is 0 Å². The van der Waals surface area contributed by atoms with Crippen molar-refractivity contribution in [2.24, 2.45) is 5.92 Å². The third-order valence-electron chi connectivity index (χ3n) is 3.57. The first-order chi connectivity index (χ1) is 8.79. The first-order valence-corrected chi connectivity index (χ1v) is 7.19. The molecular formula is C15H25N3.